The van der Waals surface area contributed by atoms with E-state index < -0.39 is 45.8 Å². The summed E-state index contributed by atoms with van der Waals surface area (Å²) in [6.45, 7) is 1.24. The third-order valence-corrected chi connectivity index (χ3v) is 4.57. The highest BCUT2D eigenvalue weighted by Crippen LogP contribution is 2.23. The van der Waals surface area contributed by atoms with Crippen molar-refractivity contribution >= 4 is 28.6 Å². The predicted molar refractivity (Wildman–Crippen MR) is 93.4 cm³/mol. The summed E-state index contributed by atoms with van der Waals surface area (Å²) < 4.78 is 24.3. The predicted octanol–water partition coefficient (Wildman–Crippen LogP) is -3.14. The Labute approximate surface area is 152 Å². The monoisotopic (exact) mass is 404 g/mol. The van der Waals surface area contributed by atoms with Crippen LogP contribution in [0.15, 0.2) is 0 Å². The molecule has 4 atom stereocenters. The van der Waals surface area contributed by atoms with E-state index in [0.29, 0.717) is 6.42 Å². The van der Waals surface area contributed by atoms with Crippen LogP contribution in [0, 0.1) is 0 Å². The van der Waals surface area contributed by atoms with Crippen molar-refractivity contribution < 1.29 is 38.7 Å². The summed E-state index contributed by atoms with van der Waals surface area (Å²) in [5.41, 5.74) is 0. The molecule has 0 bridgehead atoms. The van der Waals surface area contributed by atoms with Crippen molar-refractivity contribution in [1.82, 2.24) is 9.62 Å². The molecule has 0 saturated heterocycles. The first-order valence-corrected chi connectivity index (χ1v) is 10.1. The summed E-state index contributed by atoms with van der Waals surface area (Å²) in [7, 11) is -3.36. The molecule has 4 unspecified atom stereocenters. The molecule has 0 aromatic rings. The molecule has 1 amide bonds. The molecule has 0 aliphatic rings. The highest BCUT2D eigenvalue weighted by molar-refractivity contribution is 7.88. The lowest BCUT2D eigenvalue weighted by molar-refractivity contribution is -0.164. The SMILES string of the molecule is CCCN(CCCNS(C)(=O)=O)C(=O)C(O)(S)C(O)C(O)C(O)CO. The summed E-state index contributed by atoms with van der Waals surface area (Å²) in [6.07, 6.45) is -4.14. The van der Waals surface area contributed by atoms with E-state index in [4.69, 9.17) is 5.11 Å². The molecule has 0 fully saturated rings. The standard InChI is InChI=1S/C13H28N2O8S2/c1-3-6-15(7-4-5-14-25(2,22)23)12(20)13(21,24)11(19)10(18)9(17)8-16/h9-11,14,16-19,21,24H,3-8H2,1-2H3. The first kappa shape index (κ1) is 24.5. The molecule has 12 heteroatoms. The Morgan fingerprint density at radius 2 is 1.84 bits per heavy atom. The van der Waals surface area contributed by atoms with Crippen LogP contribution in [0.1, 0.15) is 19.8 Å². The van der Waals surface area contributed by atoms with E-state index in [2.05, 4.69) is 17.4 Å². The third kappa shape index (κ3) is 8.17. The molecule has 25 heavy (non-hydrogen) atoms. The number of rotatable bonds is 12. The molecule has 6 N–H and O–H groups in total. The zero-order valence-corrected chi connectivity index (χ0v) is 15.9. The fraction of sp³-hybridized carbons (Fsp3) is 0.923. The summed E-state index contributed by atoms with van der Waals surface area (Å²) in [5.74, 6) is -1.01. The molecule has 10 nitrogen and oxygen atoms in total. The number of hydrogen-bond donors (Lipinski definition) is 7. The Hall–Kier alpha value is -0.470. The van der Waals surface area contributed by atoms with Crippen molar-refractivity contribution in [3.63, 3.8) is 0 Å². The Balaban J connectivity index is 4.98. The van der Waals surface area contributed by atoms with E-state index in [1.165, 1.54) is 0 Å². The number of amides is 1. The molecule has 0 radical (unpaired) electrons. The van der Waals surface area contributed by atoms with Gasteiger partial charge in [-0.15, -0.1) is 12.6 Å². The fourth-order valence-electron chi connectivity index (χ4n) is 2.03. The van der Waals surface area contributed by atoms with Gasteiger partial charge in [0.05, 0.1) is 12.9 Å². The molecule has 0 heterocycles. The van der Waals surface area contributed by atoms with Gasteiger partial charge in [-0.05, 0) is 12.8 Å². The van der Waals surface area contributed by atoms with E-state index in [1.807, 2.05) is 0 Å². The fourth-order valence-corrected chi connectivity index (χ4v) is 2.84. The summed E-state index contributed by atoms with van der Waals surface area (Å²) >= 11 is 3.72. The van der Waals surface area contributed by atoms with Crippen molar-refractivity contribution in [1.29, 1.82) is 0 Å². The van der Waals surface area contributed by atoms with Crippen molar-refractivity contribution in [2.75, 3.05) is 32.5 Å². The maximum Gasteiger partial charge on any atom is 0.267 e. The number of hydrogen-bond acceptors (Lipinski definition) is 9. The van der Waals surface area contributed by atoms with Crippen LogP contribution in [-0.4, -0.2) is 100 Å². The van der Waals surface area contributed by atoms with Gasteiger partial charge in [-0.1, -0.05) is 6.92 Å². The zero-order valence-electron chi connectivity index (χ0n) is 14.2. The van der Waals surface area contributed by atoms with E-state index in [-0.39, 0.29) is 26.1 Å². The number of sulfonamides is 1. The molecule has 0 aliphatic carbocycles. The molecule has 0 saturated carbocycles. The molecule has 0 aromatic heterocycles. The number of nitrogens with zero attached hydrogens (tertiary/aromatic N) is 1. The smallest absolute Gasteiger partial charge is 0.267 e. The first-order chi connectivity index (χ1) is 11.4. The number of aliphatic hydroxyl groups excluding tert-OH is 4. The lowest BCUT2D eigenvalue weighted by Gasteiger charge is -2.35. The van der Waals surface area contributed by atoms with Crippen LogP contribution in [-0.2, 0) is 14.8 Å². The van der Waals surface area contributed by atoms with Crippen LogP contribution < -0.4 is 4.72 Å². The molecule has 0 rings (SSSR count). The number of thiol groups is 1. The van der Waals surface area contributed by atoms with Gasteiger partial charge in [0.15, 0.2) is 0 Å². The Kier molecular flexibility index (Phi) is 10.4. The van der Waals surface area contributed by atoms with Gasteiger partial charge in [0.25, 0.3) is 5.91 Å². The molecule has 0 aromatic carbocycles. The van der Waals surface area contributed by atoms with Crippen LogP contribution in [0.4, 0.5) is 0 Å². The van der Waals surface area contributed by atoms with Gasteiger partial charge in [-0.25, -0.2) is 13.1 Å². The van der Waals surface area contributed by atoms with Crippen LogP contribution in [0.25, 0.3) is 0 Å². The molecule has 0 aliphatic heterocycles. The van der Waals surface area contributed by atoms with Crippen molar-refractivity contribution in [3.05, 3.63) is 0 Å². The normalized spacial score (nSPS) is 18.2. The van der Waals surface area contributed by atoms with E-state index in [0.717, 1.165) is 11.2 Å². The second-order valence-electron chi connectivity index (χ2n) is 5.72. The lowest BCUT2D eigenvalue weighted by atomic mass is 10.0. The van der Waals surface area contributed by atoms with Crippen molar-refractivity contribution in [3.8, 4) is 0 Å². The Morgan fingerprint density at radius 3 is 2.28 bits per heavy atom. The number of nitrogens with one attached hydrogen (secondary N) is 1. The largest absolute Gasteiger partial charge is 0.394 e. The first-order valence-electron chi connectivity index (χ1n) is 7.72. The van der Waals surface area contributed by atoms with Gasteiger partial charge in [-0.2, -0.15) is 0 Å². The third-order valence-electron chi connectivity index (χ3n) is 3.38. The minimum Gasteiger partial charge on any atom is -0.394 e. The van der Waals surface area contributed by atoms with E-state index in [1.54, 1.807) is 6.92 Å². The van der Waals surface area contributed by atoms with Crippen LogP contribution >= 0.6 is 12.6 Å². The van der Waals surface area contributed by atoms with Gasteiger partial charge in [0.2, 0.25) is 15.0 Å². The minimum absolute atomic E-state index is 0.0728. The molecule has 0 spiro atoms. The van der Waals surface area contributed by atoms with Gasteiger partial charge in [0.1, 0.15) is 18.3 Å². The summed E-state index contributed by atoms with van der Waals surface area (Å²) in [6, 6.07) is 0. The molecular weight excluding hydrogens is 376 g/mol. The molecular formula is C13H28N2O8S2. The average Bonchev–Trinajstić information content (AvgIpc) is 2.53. The van der Waals surface area contributed by atoms with Crippen LogP contribution in [0.3, 0.4) is 0 Å². The van der Waals surface area contributed by atoms with Crippen molar-refractivity contribution in [2.45, 2.75) is 43.0 Å². The number of carbonyl (C=O) groups is 1. The topological polar surface area (TPSA) is 168 Å². The number of carbonyl (C=O) groups excluding carboxylic acids is 1. The quantitative estimate of drug-likeness (QED) is 0.102. The van der Waals surface area contributed by atoms with Gasteiger partial charge in [-0.3, -0.25) is 4.79 Å². The average molecular weight is 405 g/mol. The molecule has 150 valence electrons. The maximum absolute atomic E-state index is 12.4. The Morgan fingerprint density at radius 1 is 1.28 bits per heavy atom. The van der Waals surface area contributed by atoms with Crippen molar-refractivity contribution in [2.24, 2.45) is 0 Å². The van der Waals surface area contributed by atoms with Gasteiger partial charge in [0, 0.05) is 19.6 Å². The second-order valence-corrected chi connectivity index (χ2v) is 8.24. The lowest BCUT2D eigenvalue weighted by Crippen LogP contribution is -2.59. The zero-order chi connectivity index (χ0) is 19.8. The maximum atomic E-state index is 12.4. The van der Waals surface area contributed by atoms with E-state index in [9.17, 15) is 33.6 Å². The van der Waals surface area contributed by atoms with Crippen LogP contribution in [0.2, 0.25) is 0 Å². The minimum atomic E-state index is -3.36. The highest BCUT2D eigenvalue weighted by Gasteiger charge is 2.47. The van der Waals surface area contributed by atoms with E-state index >= 15 is 0 Å². The summed E-state index contributed by atoms with van der Waals surface area (Å²) in [5, 5.41) is 47.9. The van der Waals surface area contributed by atoms with Gasteiger partial charge >= 0.3 is 0 Å². The van der Waals surface area contributed by atoms with Crippen LogP contribution in [0.5, 0.6) is 0 Å². The van der Waals surface area contributed by atoms with Gasteiger partial charge < -0.3 is 30.4 Å². The number of aliphatic hydroxyl groups is 5. The summed E-state index contributed by atoms with van der Waals surface area (Å²) in [4.78, 5) is 10.9. The Bertz CT molecular complexity index is 514. The second kappa shape index (κ2) is 10.6. The highest BCUT2D eigenvalue weighted by atomic mass is 32.2.